The average molecular weight is 270 g/mol. The van der Waals surface area contributed by atoms with Crippen LogP contribution in [-0.4, -0.2) is 56.0 Å². The lowest BCUT2D eigenvalue weighted by Crippen LogP contribution is -2.62. The second-order valence-electron chi connectivity index (χ2n) is 6.56. The molecule has 2 aliphatic rings. The molecular formula is C15H30N2O2. The van der Waals surface area contributed by atoms with E-state index < -0.39 is 0 Å². The maximum absolute atomic E-state index is 6.18. The van der Waals surface area contributed by atoms with E-state index in [1.807, 2.05) is 14.2 Å². The van der Waals surface area contributed by atoms with Crippen molar-refractivity contribution in [1.82, 2.24) is 4.90 Å². The minimum absolute atomic E-state index is 0.0135. The zero-order valence-corrected chi connectivity index (χ0v) is 12.8. The predicted octanol–water partition coefficient (Wildman–Crippen LogP) is 1.77. The van der Waals surface area contributed by atoms with Gasteiger partial charge in [0.05, 0.1) is 11.7 Å². The summed E-state index contributed by atoms with van der Waals surface area (Å²) in [5.41, 5.74) is 6.29. The Hall–Kier alpha value is -0.160. The highest BCUT2D eigenvalue weighted by Gasteiger charge is 2.44. The highest BCUT2D eigenvalue weighted by atomic mass is 16.5. The number of methoxy groups -OCH3 is 2. The van der Waals surface area contributed by atoms with E-state index in [1.54, 1.807) is 0 Å². The van der Waals surface area contributed by atoms with Crippen LogP contribution in [0.25, 0.3) is 0 Å². The molecule has 2 rings (SSSR count). The van der Waals surface area contributed by atoms with Gasteiger partial charge in [-0.15, -0.1) is 0 Å². The fourth-order valence-electron chi connectivity index (χ4n) is 3.87. The summed E-state index contributed by atoms with van der Waals surface area (Å²) in [6.07, 6.45) is 7.37. The Morgan fingerprint density at radius 2 is 2.05 bits per heavy atom. The molecule has 0 radical (unpaired) electrons. The standard InChI is InChI=1S/C15H30N2O2/c1-14(19-3)7-5-9-17(12-14)15(11-16)8-4-6-13(10-15)18-2/h13H,4-12,16H2,1-3H3. The van der Waals surface area contributed by atoms with Crippen LogP contribution in [0.4, 0.5) is 0 Å². The fraction of sp³-hybridized carbons (Fsp3) is 1.00. The normalized spacial score (nSPS) is 41.4. The second-order valence-corrected chi connectivity index (χ2v) is 6.56. The van der Waals surface area contributed by atoms with Crippen LogP contribution in [0.15, 0.2) is 0 Å². The molecular weight excluding hydrogens is 240 g/mol. The predicted molar refractivity (Wildman–Crippen MR) is 77.3 cm³/mol. The van der Waals surface area contributed by atoms with Crippen LogP contribution in [0.3, 0.4) is 0 Å². The molecule has 1 aliphatic carbocycles. The van der Waals surface area contributed by atoms with Crippen molar-refractivity contribution in [2.75, 3.05) is 33.9 Å². The van der Waals surface area contributed by atoms with Gasteiger partial charge < -0.3 is 15.2 Å². The van der Waals surface area contributed by atoms with E-state index in [0.717, 1.165) is 32.5 Å². The van der Waals surface area contributed by atoms with Crippen LogP contribution in [0, 0.1) is 0 Å². The molecule has 0 aromatic carbocycles. The van der Waals surface area contributed by atoms with E-state index in [2.05, 4.69) is 11.8 Å². The molecule has 1 heterocycles. The Labute approximate surface area is 117 Å². The van der Waals surface area contributed by atoms with Crippen LogP contribution >= 0.6 is 0 Å². The highest BCUT2D eigenvalue weighted by Crippen LogP contribution is 2.38. The van der Waals surface area contributed by atoms with Crippen LogP contribution in [0.2, 0.25) is 0 Å². The van der Waals surface area contributed by atoms with Crippen molar-refractivity contribution >= 4 is 0 Å². The molecule has 3 atom stereocenters. The Balaban J connectivity index is 2.11. The number of nitrogens with two attached hydrogens (primary N) is 1. The lowest BCUT2D eigenvalue weighted by atomic mass is 9.76. The lowest BCUT2D eigenvalue weighted by Gasteiger charge is -2.52. The van der Waals surface area contributed by atoms with Crippen molar-refractivity contribution in [3.8, 4) is 0 Å². The molecule has 19 heavy (non-hydrogen) atoms. The van der Waals surface area contributed by atoms with E-state index >= 15 is 0 Å². The number of likely N-dealkylation sites (tertiary alicyclic amines) is 1. The SMILES string of the molecule is COC1CCCC(CN)(N2CCCC(C)(OC)C2)C1. The summed E-state index contributed by atoms with van der Waals surface area (Å²) < 4.78 is 11.3. The van der Waals surface area contributed by atoms with Crippen molar-refractivity contribution in [2.24, 2.45) is 5.73 Å². The van der Waals surface area contributed by atoms with Gasteiger partial charge in [-0.2, -0.15) is 0 Å². The zero-order chi connectivity index (χ0) is 13.9. The summed E-state index contributed by atoms with van der Waals surface area (Å²) in [7, 11) is 3.66. The number of rotatable bonds is 4. The van der Waals surface area contributed by atoms with Gasteiger partial charge in [0.1, 0.15) is 0 Å². The van der Waals surface area contributed by atoms with Gasteiger partial charge in [-0.3, -0.25) is 4.90 Å². The first-order valence-corrected chi connectivity index (χ1v) is 7.60. The Kier molecular flexibility index (Phi) is 4.88. The smallest absolute Gasteiger partial charge is 0.0777 e. The van der Waals surface area contributed by atoms with Crippen molar-refractivity contribution in [1.29, 1.82) is 0 Å². The summed E-state index contributed by atoms with van der Waals surface area (Å²) >= 11 is 0. The first kappa shape index (κ1) is 15.2. The van der Waals surface area contributed by atoms with Gasteiger partial charge in [-0.25, -0.2) is 0 Å². The van der Waals surface area contributed by atoms with Gasteiger partial charge in [0.25, 0.3) is 0 Å². The highest BCUT2D eigenvalue weighted by molar-refractivity contribution is 5.01. The van der Waals surface area contributed by atoms with Crippen LogP contribution < -0.4 is 5.73 Å². The van der Waals surface area contributed by atoms with Crippen LogP contribution in [0.5, 0.6) is 0 Å². The van der Waals surface area contributed by atoms with E-state index in [-0.39, 0.29) is 11.1 Å². The number of hydrogen-bond acceptors (Lipinski definition) is 4. The molecule has 1 saturated carbocycles. The zero-order valence-electron chi connectivity index (χ0n) is 12.8. The molecule has 2 N–H and O–H groups in total. The molecule has 0 spiro atoms. The summed E-state index contributed by atoms with van der Waals surface area (Å²) in [6.45, 7) is 5.09. The molecule has 1 saturated heterocycles. The molecule has 0 amide bonds. The Morgan fingerprint density at radius 3 is 2.68 bits per heavy atom. The Bertz CT molecular complexity index is 300. The summed E-state index contributed by atoms with van der Waals surface area (Å²) in [5.74, 6) is 0. The lowest BCUT2D eigenvalue weighted by molar-refractivity contribution is -0.100. The summed E-state index contributed by atoms with van der Waals surface area (Å²) in [5, 5.41) is 0. The first-order chi connectivity index (χ1) is 9.07. The Morgan fingerprint density at radius 1 is 1.26 bits per heavy atom. The van der Waals surface area contributed by atoms with Crippen LogP contribution in [0.1, 0.15) is 45.4 Å². The fourth-order valence-corrected chi connectivity index (χ4v) is 3.87. The van der Waals surface area contributed by atoms with Gasteiger partial charge in [-0.05, 0) is 52.0 Å². The molecule has 4 nitrogen and oxygen atoms in total. The molecule has 4 heteroatoms. The van der Waals surface area contributed by atoms with E-state index in [0.29, 0.717) is 6.10 Å². The van der Waals surface area contributed by atoms with Gasteiger partial charge in [0.2, 0.25) is 0 Å². The maximum atomic E-state index is 6.18. The number of piperidine rings is 1. The van der Waals surface area contributed by atoms with E-state index in [9.17, 15) is 0 Å². The first-order valence-electron chi connectivity index (χ1n) is 7.60. The molecule has 2 fully saturated rings. The maximum Gasteiger partial charge on any atom is 0.0777 e. The van der Waals surface area contributed by atoms with Gasteiger partial charge in [-0.1, -0.05) is 0 Å². The summed E-state index contributed by atoms with van der Waals surface area (Å²) in [4.78, 5) is 2.59. The van der Waals surface area contributed by atoms with E-state index in [1.165, 1.54) is 25.7 Å². The summed E-state index contributed by atoms with van der Waals surface area (Å²) in [6, 6.07) is 0. The van der Waals surface area contributed by atoms with Gasteiger partial charge in [0.15, 0.2) is 0 Å². The monoisotopic (exact) mass is 270 g/mol. The van der Waals surface area contributed by atoms with Gasteiger partial charge >= 0.3 is 0 Å². The number of hydrogen-bond donors (Lipinski definition) is 1. The second kappa shape index (κ2) is 6.08. The molecule has 112 valence electrons. The minimum atomic E-state index is -0.0135. The molecule has 1 aliphatic heterocycles. The molecule has 0 aromatic heterocycles. The minimum Gasteiger partial charge on any atom is -0.381 e. The van der Waals surface area contributed by atoms with Crippen molar-refractivity contribution in [3.05, 3.63) is 0 Å². The third kappa shape index (κ3) is 3.13. The van der Waals surface area contributed by atoms with Crippen molar-refractivity contribution in [2.45, 2.75) is 62.7 Å². The number of ether oxygens (including phenoxy) is 2. The largest absolute Gasteiger partial charge is 0.381 e. The van der Waals surface area contributed by atoms with Gasteiger partial charge in [0, 0.05) is 32.8 Å². The van der Waals surface area contributed by atoms with Crippen molar-refractivity contribution < 1.29 is 9.47 Å². The molecule has 3 unspecified atom stereocenters. The molecule has 0 bridgehead atoms. The quantitative estimate of drug-likeness (QED) is 0.846. The molecule has 0 aromatic rings. The third-order valence-electron chi connectivity index (χ3n) is 5.31. The topological polar surface area (TPSA) is 47.7 Å². The van der Waals surface area contributed by atoms with E-state index in [4.69, 9.17) is 15.2 Å². The average Bonchev–Trinajstić information content (AvgIpc) is 2.47. The number of nitrogens with zero attached hydrogens (tertiary/aromatic N) is 1. The van der Waals surface area contributed by atoms with Crippen LogP contribution in [-0.2, 0) is 9.47 Å². The third-order valence-corrected chi connectivity index (χ3v) is 5.31. The van der Waals surface area contributed by atoms with Crippen molar-refractivity contribution in [3.63, 3.8) is 0 Å².